The highest BCUT2D eigenvalue weighted by atomic mass is 19.1. The Morgan fingerprint density at radius 2 is 2.17 bits per heavy atom. The molecule has 1 aliphatic rings. The molecule has 1 saturated carbocycles. The third-order valence-electron chi connectivity index (χ3n) is 3.22. The van der Waals surface area contributed by atoms with Crippen LogP contribution in [0, 0.1) is 5.82 Å². The molecule has 1 aromatic carbocycles. The van der Waals surface area contributed by atoms with E-state index in [9.17, 15) is 9.18 Å². The van der Waals surface area contributed by atoms with Crippen LogP contribution in [-0.2, 0) is 11.2 Å². The maximum Gasteiger partial charge on any atom is 0.236 e. The maximum atomic E-state index is 13.4. The van der Waals surface area contributed by atoms with E-state index in [4.69, 9.17) is 0 Å². The normalized spacial score (nSPS) is 14.6. The number of halogens is 1. The van der Waals surface area contributed by atoms with Gasteiger partial charge in [0.25, 0.3) is 0 Å². The van der Waals surface area contributed by atoms with Gasteiger partial charge in [-0.25, -0.2) is 4.39 Å². The van der Waals surface area contributed by atoms with Crippen LogP contribution in [0.5, 0.6) is 0 Å². The van der Waals surface area contributed by atoms with Crippen molar-refractivity contribution in [3.8, 4) is 0 Å². The minimum absolute atomic E-state index is 0.0678. The molecule has 98 valence electrons. The second kappa shape index (κ2) is 5.96. The van der Waals surface area contributed by atoms with Crippen molar-refractivity contribution < 1.29 is 9.18 Å². The summed E-state index contributed by atoms with van der Waals surface area (Å²) in [5.74, 6) is -0.132. The zero-order valence-corrected chi connectivity index (χ0v) is 10.7. The molecule has 0 saturated heterocycles. The molecule has 0 radical (unpaired) electrons. The van der Waals surface area contributed by atoms with Crippen LogP contribution in [0.15, 0.2) is 24.3 Å². The topological polar surface area (TPSA) is 32.3 Å². The van der Waals surface area contributed by atoms with Crippen molar-refractivity contribution >= 4 is 5.91 Å². The smallest absolute Gasteiger partial charge is 0.236 e. The van der Waals surface area contributed by atoms with Gasteiger partial charge in [-0.15, -0.1) is 0 Å². The average molecular weight is 250 g/mol. The number of nitrogens with one attached hydrogen (secondary N) is 1. The summed E-state index contributed by atoms with van der Waals surface area (Å²) in [5.41, 5.74) is 0.660. The van der Waals surface area contributed by atoms with E-state index in [2.05, 4.69) is 5.32 Å². The summed E-state index contributed by atoms with van der Waals surface area (Å²) in [6, 6.07) is 7.23. The van der Waals surface area contributed by atoms with Gasteiger partial charge in [0, 0.05) is 19.6 Å². The fraction of sp³-hybridized carbons (Fsp3) is 0.500. The van der Waals surface area contributed by atoms with Gasteiger partial charge in [-0.2, -0.15) is 0 Å². The number of carbonyl (C=O) groups is 1. The van der Waals surface area contributed by atoms with E-state index in [1.165, 1.54) is 18.9 Å². The Morgan fingerprint density at radius 1 is 1.44 bits per heavy atom. The Morgan fingerprint density at radius 3 is 2.83 bits per heavy atom. The van der Waals surface area contributed by atoms with Gasteiger partial charge < -0.3 is 10.2 Å². The molecule has 0 bridgehead atoms. The van der Waals surface area contributed by atoms with Crippen LogP contribution < -0.4 is 5.32 Å². The second-order valence-electron chi connectivity index (χ2n) is 4.81. The SMILES string of the molecule is CN(CCc1ccccc1F)C(=O)CNC1CC1. The molecule has 0 aromatic heterocycles. The molecular formula is C14H19FN2O. The molecule has 1 fully saturated rings. The van der Waals surface area contributed by atoms with Gasteiger partial charge in [0.15, 0.2) is 0 Å². The number of hydrogen-bond acceptors (Lipinski definition) is 2. The fourth-order valence-electron chi connectivity index (χ4n) is 1.77. The van der Waals surface area contributed by atoms with Crippen LogP contribution in [0.3, 0.4) is 0 Å². The molecular weight excluding hydrogens is 231 g/mol. The lowest BCUT2D eigenvalue weighted by atomic mass is 10.1. The zero-order valence-electron chi connectivity index (χ0n) is 10.7. The van der Waals surface area contributed by atoms with Gasteiger partial charge in [-0.1, -0.05) is 18.2 Å². The first-order valence-corrected chi connectivity index (χ1v) is 6.37. The summed E-state index contributed by atoms with van der Waals surface area (Å²) >= 11 is 0. The molecule has 3 nitrogen and oxygen atoms in total. The Hall–Kier alpha value is -1.42. The van der Waals surface area contributed by atoms with E-state index in [-0.39, 0.29) is 11.7 Å². The molecule has 1 aromatic rings. The van der Waals surface area contributed by atoms with E-state index in [0.29, 0.717) is 31.1 Å². The highest BCUT2D eigenvalue weighted by molar-refractivity contribution is 5.78. The van der Waals surface area contributed by atoms with E-state index in [1.54, 1.807) is 24.1 Å². The minimum atomic E-state index is -0.200. The molecule has 2 rings (SSSR count). The lowest BCUT2D eigenvalue weighted by molar-refractivity contribution is -0.128. The van der Waals surface area contributed by atoms with Crippen molar-refractivity contribution in [1.82, 2.24) is 10.2 Å². The summed E-state index contributed by atoms with van der Waals surface area (Å²) in [7, 11) is 1.76. The Balaban J connectivity index is 1.74. The summed E-state index contributed by atoms with van der Waals surface area (Å²) in [6.07, 6.45) is 2.90. The van der Waals surface area contributed by atoms with Crippen molar-refractivity contribution in [1.29, 1.82) is 0 Å². The molecule has 1 aliphatic carbocycles. The first-order chi connectivity index (χ1) is 8.66. The number of nitrogens with zero attached hydrogens (tertiary/aromatic N) is 1. The number of benzene rings is 1. The third kappa shape index (κ3) is 3.81. The minimum Gasteiger partial charge on any atom is -0.344 e. The quantitative estimate of drug-likeness (QED) is 0.831. The first kappa shape index (κ1) is 13.0. The number of rotatable bonds is 6. The first-order valence-electron chi connectivity index (χ1n) is 6.37. The van der Waals surface area contributed by atoms with Crippen LogP contribution >= 0.6 is 0 Å². The predicted octanol–water partition coefficient (Wildman–Crippen LogP) is 1.58. The van der Waals surface area contributed by atoms with Crippen molar-refractivity contribution in [3.05, 3.63) is 35.6 Å². The lowest BCUT2D eigenvalue weighted by Crippen LogP contribution is -2.37. The van der Waals surface area contributed by atoms with Crippen LogP contribution in [0.2, 0.25) is 0 Å². The lowest BCUT2D eigenvalue weighted by Gasteiger charge is -2.17. The molecule has 0 spiro atoms. The molecule has 1 amide bonds. The van der Waals surface area contributed by atoms with Gasteiger partial charge in [-0.05, 0) is 30.9 Å². The standard InChI is InChI=1S/C14H19FN2O/c1-17(14(18)10-16-12-6-7-12)9-8-11-4-2-3-5-13(11)15/h2-5,12,16H,6-10H2,1H3. The van der Waals surface area contributed by atoms with E-state index in [1.807, 2.05) is 6.07 Å². The maximum absolute atomic E-state index is 13.4. The number of carbonyl (C=O) groups excluding carboxylic acids is 1. The Kier molecular flexibility index (Phi) is 4.31. The van der Waals surface area contributed by atoms with E-state index < -0.39 is 0 Å². The van der Waals surface area contributed by atoms with Gasteiger partial charge in [0.2, 0.25) is 5.91 Å². The summed E-state index contributed by atoms with van der Waals surface area (Å²) in [6.45, 7) is 0.935. The molecule has 18 heavy (non-hydrogen) atoms. The van der Waals surface area contributed by atoms with Crippen molar-refractivity contribution in [2.24, 2.45) is 0 Å². The fourth-order valence-corrected chi connectivity index (χ4v) is 1.77. The monoisotopic (exact) mass is 250 g/mol. The van der Waals surface area contributed by atoms with Crippen molar-refractivity contribution in [2.45, 2.75) is 25.3 Å². The number of amides is 1. The van der Waals surface area contributed by atoms with E-state index >= 15 is 0 Å². The highest BCUT2D eigenvalue weighted by Crippen LogP contribution is 2.18. The highest BCUT2D eigenvalue weighted by Gasteiger charge is 2.21. The molecule has 1 N–H and O–H groups in total. The summed E-state index contributed by atoms with van der Waals surface area (Å²) < 4.78 is 13.4. The predicted molar refractivity (Wildman–Crippen MR) is 68.8 cm³/mol. The second-order valence-corrected chi connectivity index (χ2v) is 4.81. The summed E-state index contributed by atoms with van der Waals surface area (Å²) in [4.78, 5) is 13.4. The van der Waals surface area contributed by atoms with Crippen LogP contribution in [0.25, 0.3) is 0 Å². The van der Waals surface area contributed by atoms with Gasteiger partial charge in [-0.3, -0.25) is 4.79 Å². The zero-order chi connectivity index (χ0) is 13.0. The van der Waals surface area contributed by atoms with Crippen LogP contribution in [0.4, 0.5) is 4.39 Å². The average Bonchev–Trinajstić information content (AvgIpc) is 3.18. The third-order valence-corrected chi connectivity index (χ3v) is 3.22. The van der Waals surface area contributed by atoms with Crippen molar-refractivity contribution in [2.75, 3.05) is 20.1 Å². The molecule has 0 atom stereocenters. The van der Waals surface area contributed by atoms with Gasteiger partial charge in [0.1, 0.15) is 5.82 Å². The molecule has 0 aliphatic heterocycles. The van der Waals surface area contributed by atoms with E-state index in [0.717, 1.165) is 0 Å². The number of likely N-dealkylation sites (N-methyl/N-ethyl adjacent to an activating group) is 1. The van der Waals surface area contributed by atoms with Crippen LogP contribution in [-0.4, -0.2) is 37.0 Å². The van der Waals surface area contributed by atoms with Crippen molar-refractivity contribution in [3.63, 3.8) is 0 Å². The Bertz CT molecular complexity index is 418. The molecule has 4 heteroatoms. The molecule has 0 heterocycles. The molecule has 0 unspecified atom stereocenters. The van der Waals surface area contributed by atoms with Crippen LogP contribution in [0.1, 0.15) is 18.4 Å². The van der Waals surface area contributed by atoms with Gasteiger partial charge in [0.05, 0.1) is 6.54 Å². The van der Waals surface area contributed by atoms with Gasteiger partial charge >= 0.3 is 0 Å². The number of hydrogen-bond donors (Lipinski definition) is 1. The largest absolute Gasteiger partial charge is 0.344 e. The summed E-state index contributed by atoms with van der Waals surface area (Å²) in [5, 5.41) is 3.18. The Labute approximate surface area is 107 Å².